The number of hydrogen-bond donors (Lipinski definition) is 1. The lowest BCUT2D eigenvalue weighted by Gasteiger charge is -2.24. The molecule has 1 saturated carbocycles. The fraction of sp³-hybridized carbons (Fsp3) is 0.400. The summed E-state index contributed by atoms with van der Waals surface area (Å²) in [6.45, 7) is 1.28. The van der Waals surface area contributed by atoms with Gasteiger partial charge < -0.3 is 14.7 Å². The number of nitrogens with zero attached hydrogens (tertiary/aromatic N) is 3. The van der Waals surface area contributed by atoms with Gasteiger partial charge >= 0.3 is 5.97 Å². The van der Waals surface area contributed by atoms with Gasteiger partial charge in [-0.3, -0.25) is 0 Å². The zero-order chi connectivity index (χ0) is 14.8. The molecule has 110 valence electrons. The van der Waals surface area contributed by atoms with E-state index >= 15 is 0 Å². The van der Waals surface area contributed by atoms with Gasteiger partial charge in [-0.05, 0) is 25.0 Å². The van der Waals surface area contributed by atoms with Gasteiger partial charge in [0.2, 0.25) is 5.82 Å². The Hall–Kier alpha value is -2.21. The Morgan fingerprint density at radius 3 is 2.81 bits per heavy atom. The van der Waals surface area contributed by atoms with Crippen LogP contribution in [0.3, 0.4) is 0 Å². The zero-order valence-electron chi connectivity index (χ0n) is 11.8. The fourth-order valence-corrected chi connectivity index (χ4v) is 2.41. The highest BCUT2D eigenvalue weighted by Gasteiger charge is 2.31. The molecular weight excluding hydrogens is 270 g/mol. The van der Waals surface area contributed by atoms with E-state index in [0.717, 1.165) is 18.2 Å². The molecule has 1 fully saturated rings. The van der Waals surface area contributed by atoms with Gasteiger partial charge in [0.25, 0.3) is 0 Å². The molecule has 1 aromatic carbocycles. The Morgan fingerprint density at radius 1 is 1.38 bits per heavy atom. The molecule has 0 amide bonds. The molecule has 6 nitrogen and oxygen atoms in total. The third kappa shape index (κ3) is 2.80. The number of anilines is 1. The van der Waals surface area contributed by atoms with Crippen molar-refractivity contribution < 1.29 is 14.6 Å². The quantitative estimate of drug-likeness (QED) is 0.875. The molecule has 0 bridgehead atoms. The number of aromatic carboxylic acids is 1. The van der Waals surface area contributed by atoms with Crippen LogP contribution in [0.4, 0.5) is 5.82 Å². The van der Waals surface area contributed by atoms with E-state index in [1.54, 1.807) is 7.11 Å². The van der Waals surface area contributed by atoms with Crippen molar-refractivity contribution in [3.8, 4) is 0 Å². The molecule has 2 aromatic rings. The largest absolute Gasteiger partial charge is 0.475 e. The number of carboxylic acid groups (broad SMARTS) is 1. The molecule has 0 atom stereocenters. The first-order valence-electron chi connectivity index (χ1n) is 6.96. The average Bonchev–Trinajstić information content (AvgIpc) is 3.32. The van der Waals surface area contributed by atoms with E-state index in [4.69, 9.17) is 4.74 Å². The minimum atomic E-state index is -1.11. The van der Waals surface area contributed by atoms with Crippen molar-refractivity contribution in [2.75, 3.05) is 25.2 Å². The number of carboxylic acids is 1. The number of fused-ring (bicyclic) bond motifs is 1. The van der Waals surface area contributed by atoms with Crippen LogP contribution in [-0.4, -0.2) is 47.3 Å². The zero-order valence-corrected chi connectivity index (χ0v) is 11.8. The van der Waals surface area contributed by atoms with Crippen LogP contribution in [0.2, 0.25) is 0 Å². The Bertz CT molecular complexity index is 670. The Balaban J connectivity index is 2.11. The van der Waals surface area contributed by atoms with Crippen molar-refractivity contribution in [2.24, 2.45) is 0 Å². The van der Waals surface area contributed by atoms with Crippen LogP contribution >= 0.6 is 0 Å². The van der Waals surface area contributed by atoms with Gasteiger partial charge in [0.1, 0.15) is 5.82 Å². The van der Waals surface area contributed by atoms with E-state index < -0.39 is 5.97 Å². The molecule has 3 rings (SSSR count). The Labute approximate surface area is 122 Å². The highest BCUT2D eigenvalue weighted by Crippen LogP contribution is 2.34. The Kier molecular flexibility index (Phi) is 3.70. The molecule has 1 N–H and O–H groups in total. The normalized spacial score (nSPS) is 14.3. The van der Waals surface area contributed by atoms with Crippen molar-refractivity contribution in [1.29, 1.82) is 0 Å². The molecule has 0 aliphatic heterocycles. The summed E-state index contributed by atoms with van der Waals surface area (Å²) in [6.07, 6.45) is 2.20. The molecular formula is C15H17N3O3. The molecule has 1 heterocycles. The molecule has 0 saturated heterocycles. The molecule has 0 unspecified atom stereocenters. The molecule has 0 radical (unpaired) electrons. The lowest BCUT2D eigenvalue weighted by Crippen LogP contribution is -2.31. The van der Waals surface area contributed by atoms with Crippen molar-refractivity contribution >= 4 is 22.7 Å². The van der Waals surface area contributed by atoms with Crippen LogP contribution in [0.5, 0.6) is 0 Å². The number of benzene rings is 1. The van der Waals surface area contributed by atoms with Crippen molar-refractivity contribution in [3.63, 3.8) is 0 Å². The summed E-state index contributed by atoms with van der Waals surface area (Å²) in [5.74, 6) is -0.575. The lowest BCUT2D eigenvalue weighted by atomic mass is 10.2. The molecule has 1 aliphatic rings. The van der Waals surface area contributed by atoms with Crippen LogP contribution in [0.15, 0.2) is 24.3 Å². The number of ether oxygens (including phenoxy) is 1. The minimum Gasteiger partial charge on any atom is -0.475 e. The van der Waals surface area contributed by atoms with Crippen molar-refractivity contribution in [3.05, 3.63) is 30.1 Å². The van der Waals surface area contributed by atoms with Gasteiger partial charge in [-0.2, -0.15) is 0 Å². The maximum absolute atomic E-state index is 11.3. The molecule has 1 aliphatic carbocycles. The highest BCUT2D eigenvalue weighted by molar-refractivity contribution is 5.94. The van der Waals surface area contributed by atoms with Gasteiger partial charge in [0.15, 0.2) is 0 Å². The van der Waals surface area contributed by atoms with Gasteiger partial charge in [-0.25, -0.2) is 14.8 Å². The molecule has 21 heavy (non-hydrogen) atoms. The Morgan fingerprint density at radius 2 is 2.14 bits per heavy atom. The van der Waals surface area contributed by atoms with E-state index in [2.05, 4.69) is 14.9 Å². The highest BCUT2D eigenvalue weighted by atomic mass is 16.5. The second-order valence-corrected chi connectivity index (χ2v) is 5.11. The fourth-order valence-electron chi connectivity index (χ4n) is 2.41. The van der Waals surface area contributed by atoms with E-state index in [1.165, 1.54) is 0 Å². The van der Waals surface area contributed by atoms with E-state index in [9.17, 15) is 9.90 Å². The van der Waals surface area contributed by atoms with Crippen molar-refractivity contribution in [2.45, 2.75) is 18.9 Å². The number of hydrogen-bond acceptors (Lipinski definition) is 5. The topological polar surface area (TPSA) is 75.5 Å². The third-order valence-corrected chi connectivity index (χ3v) is 3.57. The summed E-state index contributed by atoms with van der Waals surface area (Å²) in [5, 5.41) is 10.1. The predicted octanol–water partition coefficient (Wildman–Crippen LogP) is 1.94. The van der Waals surface area contributed by atoms with Crippen molar-refractivity contribution in [1.82, 2.24) is 9.97 Å². The summed E-state index contributed by atoms with van der Waals surface area (Å²) in [4.78, 5) is 21.8. The number of rotatable bonds is 6. The van der Waals surface area contributed by atoms with E-state index in [1.807, 2.05) is 24.3 Å². The average molecular weight is 287 g/mol. The first kappa shape index (κ1) is 13.8. The second kappa shape index (κ2) is 5.65. The van der Waals surface area contributed by atoms with Crippen LogP contribution in [-0.2, 0) is 4.74 Å². The maximum atomic E-state index is 11.3. The predicted molar refractivity (Wildman–Crippen MR) is 78.7 cm³/mol. The van der Waals surface area contributed by atoms with Gasteiger partial charge in [-0.1, -0.05) is 12.1 Å². The number of methoxy groups -OCH3 is 1. The third-order valence-electron chi connectivity index (χ3n) is 3.57. The second-order valence-electron chi connectivity index (χ2n) is 5.11. The number of para-hydroxylation sites is 1. The van der Waals surface area contributed by atoms with Crippen LogP contribution in [0.25, 0.3) is 10.9 Å². The maximum Gasteiger partial charge on any atom is 0.374 e. The van der Waals surface area contributed by atoms with E-state index in [-0.39, 0.29) is 5.82 Å². The number of carbonyl (C=O) groups is 1. The smallest absolute Gasteiger partial charge is 0.374 e. The monoisotopic (exact) mass is 287 g/mol. The van der Waals surface area contributed by atoms with Crippen LogP contribution < -0.4 is 4.90 Å². The summed E-state index contributed by atoms with van der Waals surface area (Å²) in [6, 6.07) is 7.92. The first-order valence-corrected chi connectivity index (χ1v) is 6.96. The van der Waals surface area contributed by atoms with Gasteiger partial charge in [0, 0.05) is 25.1 Å². The van der Waals surface area contributed by atoms with Crippen LogP contribution in [0.1, 0.15) is 23.5 Å². The number of aromatic nitrogens is 2. The first-order chi connectivity index (χ1) is 10.2. The molecule has 6 heteroatoms. The summed E-state index contributed by atoms with van der Waals surface area (Å²) < 4.78 is 5.16. The molecule has 1 aromatic heterocycles. The lowest BCUT2D eigenvalue weighted by molar-refractivity contribution is 0.0684. The SMILES string of the molecule is COCCN(c1nc(C(=O)O)nc2ccccc12)C1CC1. The van der Waals surface area contributed by atoms with Gasteiger partial charge in [-0.15, -0.1) is 0 Å². The summed E-state index contributed by atoms with van der Waals surface area (Å²) in [5.41, 5.74) is 0.656. The summed E-state index contributed by atoms with van der Waals surface area (Å²) >= 11 is 0. The van der Waals surface area contributed by atoms with Crippen LogP contribution in [0, 0.1) is 0 Å². The minimum absolute atomic E-state index is 0.160. The summed E-state index contributed by atoms with van der Waals surface area (Å²) in [7, 11) is 1.66. The van der Waals surface area contributed by atoms with Gasteiger partial charge in [0.05, 0.1) is 12.1 Å². The standard InChI is InChI=1S/C15H17N3O3/c1-21-9-8-18(10-6-7-10)14-11-4-2-3-5-12(11)16-13(17-14)15(19)20/h2-5,10H,6-9H2,1H3,(H,19,20). The van der Waals surface area contributed by atoms with E-state index in [0.29, 0.717) is 30.5 Å². The molecule has 0 spiro atoms.